The maximum Gasteiger partial charge on any atom is 0.472 e. The van der Waals surface area contributed by atoms with Crippen LogP contribution in [0.15, 0.2) is 109 Å². The number of phosphoric acid groups is 2. The standard InChI is InChI=1S/C77H134O16P2/c1-4-7-10-13-16-19-22-24-26-28-29-30-31-32-33-34-35-36-37-38-39-40-41-43-45-46-49-51-54-57-60-63-75(80)87-66-72(78)67-89-94(83,84)90-68-73(79)69-91-95(85,86)92-71-74(93-77(82)65-62-59-56-53-48-21-18-15-12-9-6-3)70-88-76(81)64-61-58-55-52-50-47-44-42-27-25-23-20-17-14-11-8-5-2/h7-8,10-11,15-20,24-27,29-30,32-33,72-74,78-79H,4-6,9,12-14,21-23,28,31,34-71H2,1-3H3,(H,83,84)(H,85,86)/b10-7-,11-8-,18-15-,19-16-,20-17-,26-24-,27-25-,30-29-,33-32-. The number of allylic oxidation sites excluding steroid dienone is 18. The van der Waals surface area contributed by atoms with Gasteiger partial charge in [0.05, 0.1) is 26.4 Å². The number of aliphatic hydroxyl groups is 2. The van der Waals surface area contributed by atoms with Gasteiger partial charge < -0.3 is 34.2 Å². The Labute approximate surface area is 577 Å². The topological polar surface area (TPSA) is 231 Å². The van der Waals surface area contributed by atoms with E-state index in [9.17, 15) is 43.5 Å². The van der Waals surface area contributed by atoms with Crippen molar-refractivity contribution in [3.05, 3.63) is 109 Å². The molecule has 0 spiro atoms. The zero-order valence-electron chi connectivity index (χ0n) is 59.6. The monoisotopic (exact) mass is 1380 g/mol. The molecule has 4 N–H and O–H groups in total. The van der Waals surface area contributed by atoms with E-state index in [-0.39, 0.29) is 19.3 Å². The first-order valence-electron chi connectivity index (χ1n) is 37.2. The molecule has 0 fully saturated rings. The normalized spacial score (nSPS) is 14.7. The molecule has 16 nitrogen and oxygen atoms in total. The number of carbonyl (C=O) groups excluding carboxylic acids is 3. The van der Waals surface area contributed by atoms with E-state index in [0.29, 0.717) is 19.3 Å². The van der Waals surface area contributed by atoms with E-state index in [1.165, 1.54) is 89.9 Å². The van der Waals surface area contributed by atoms with Crippen LogP contribution in [0.2, 0.25) is 0 Å². The van der Waals surface area contributed by atoms with Gasteiger partial charge in [0, 0.05) is 19.3 Å². The van der Waals surface area contributed by atoms with Gasteiger partial charge in [-0.3, -0.25) is 32.5 Å². The summed E-state index contributed by atoms with van der Waals surface area (Å²) in [6.07, 6.45) is 80.2. The summed E-state index contributed by atoms with van der Waals surface area (Å²) in [5, 5.41) is 20.6. The summed E-state index contributed by atoms with van der Waals surface area (Å²) in [6.45, 7) is 2.40. The average molecular weight is 1380 g/mol. The summed E-state index contributed by atoms with van der Waals surface area (Å²) >= 11 is 0. The molecular formula is C77H134O16P2. The maximum absolute atomic E-state index is 12.9. The van der Waals surface area contributed by atoms with Crippen LogP contribution < -0.4 is 0 Å². The average Bonchev–Trinajstić information content (AvgIpc) is 1.94. The molecule has 95 heavy (non-hydrogen) atoms. The highest BCUT2D eigenvalue weighted by atomic mass is 31.2. The highest BCUT2D eigenvalue weighted by molar-refractivity contribution is 7.47. The van der Waals surface area contributed by atoms with Crippen molar-refractivity contribution < 1.29 is 75.8 Å². The smallest absolute Gasteiger partial charge is 0.463 e. The summed E-state index contributed by atoms with van der Waals surface area (Å²) < 4.78 is 60.9. The summed E-state index contributed by atoms with van der Waals surface area (Å²) in [5.41, 5.74) is 0. The lowest BCUT2D eigenvalue weighted by atomic mass is 10.0. The lowest BCUT2D eigenvalue weighted by Crippen LogP contribution is -2.30. The number of phosphoric ester groups is 2. The summed E-state index contributed by atoms with van der Waals surface area (Å²) in [4.78, 5) is 58.4. The van der Waals surface area contributed by atoms with E-state index in [1.807, 2.05) is 0 Å². The number of hydrogen-bond donors (Lipinski definition) is 4. The Morgan fingerprint density at radius 3 is 0.895 bits per heavy atom. The molecule has 0 aliphatic rings. The van der Waals surface area contributed by atoms with Crippen LogP contribution >= 0.6 is 15.6 Å². The summed E-state index contributed by atoms with van der Waals surface area (Å²) in [5.74, 6) is -1.59. The molecule has 0 aromatic carbocycles. The molecule has 18 heteroatoms. The van der Waals surface area contributed by atoms with Crippen LogP contribution in [0.25, 0.3) is 0 Å². The fourth-order valence-corrected chi connectivity index (χ4v) is 11.4. The highest BCUT2D eigenvalue weighted by Gasteiger charge is 2.29. The van der Waals surface area contributed by atoms with Gasteiger partial charge in [-0.05, 0) is 116 Å². The minimum atomic E-state index is -4.92. The number of ether oxygens (including phenoxy) is 3. The minimum absolute atomic E-state index is 0.0917. The second-order valence-electron chi connectivity index (χ2n) is 24.7. The predicted molar refractivity (Wildman–Crippen MR) is 390 cm³/mol. The molecule has 0 aromatic rings. The zero-order chi connectivity index (χ0) is 69.5. The number of esters is 3. The van der Waals surface area contributed by atoms with Crippen molar-refractivity contribution in [2.24, 2.45) is 0 Å². The number of unbranched alkanes of at least 4 members (excludes halogenated alkanes) is 29. The van der Waals surface area contributed by atoms with Crippen molar-refractivity contribution >= 4 is 33.6 Å². The molecule has 5 atom stereocenters. The van der Waals surface area contributed by atoms with Crippen molar-refractivity contribution in [1.29, 1.82) is 0 Å². The predicted octanol–water partition coefficient (Wildman–Crippen LogP) is 21.2. The van der Waals surface area contributed by atoms with Crippen molar-refractivity contribution in [2.75, 3.05) is 39.6 Å². The molecule has 0 heterocycles. The van der Waals surface area contributed by atoms with Crippen LogP contribution in [0, 0.1) is 0 Å². The third-order valence-electron chi connectivity index (χ3n) is 15.5. The van der Waals surface area contributed by atoms with Crippen molar-refractivity contribution in [3.63, 3.8) is 0 Å². The molecule has 548 valence electrons. The van der Waals surface area contributed by atoms with Gasteiger partial charge in [0.15, 0.2) is 6.10 Å². The van der Waals surface area contributed by atoms with E-state index < -0.39 is 91.5 Å². The molecule has 0 saturated heterocycles. The molecule has 0 aliphatic heterocycles. The first kappa shape index (κ1) is 91.2. The Hall–Kier alpha value is -3.79. The SMILES string of the molecule is CC/C=C\C/C=C\C/C=C\C/C=C\C/C=C\CCCCCCCCCCCCCCCCCC(=O)OCC(O)COP(=O)(O)OCC(O)COP(=O)(O)OCC(COC(=O)CCCCCCCCC/C=C\C/C=C\C/C=C\CC)OC(=O)CCCCCCC/C=C\CCCC. The fourth-order valence-electron chi connectivity index (χ4n) is 9.83. The second-order valence-corrected chi connectivity index (χ2v) is 27.6. The number of rotatable bonds is 70. The summed E-state index contributed by atoms with van der Waals surface area (Å²) in [6, 6.07) is 0. The minimum Gasteiger partial charge on any atom is -0.463 e. The fraction of sp³-hybridized carbons (Fsp3) is 0.727. The number of hydrogen-bond acceptors (Lipinski definition) is 14. The van der Waals surface area contributed by atoms with Crippen LogP contribution in [0.3, 0.4) is 0 Å². The molecule has 5 unspecified atom stereocenters. The lowest BCUT2D eigenvalue weighted by molar-refractivity contribution is -0.161. The molecular weight excluding hydrogens is 1240 g/mol. The van der Waals surface area contributed by atoms with Crippen LogP contribution in [0.5, 0.6) is 0 Å². The first-order valence-corrected chi connectivity index (χ1v) is 40.2. The van der Waals surface area contributed by atoms with Crippen LogP contribution in [0.1, 0.15) is 303 Å². The van der Waals surface area contributed by atoms with Crippen molar-refractivity contribution in [1.82, 2.24) is 0 Å². The van der Waals surface area contributed by atoms with Crippen molar-refractivity contribution in [2.45, 2.75) is 322 Å². The van der Waals surface area contributed by atoms with Gasteiger partial charge in [-0.25, -0.2) is 9.13 Å². The highest BCUT2D eigenvalue weighted by Crippen LogP contribution is 2.45. The van der Waals surface area contributed by atoms with E-state index >= 15 is 0 Å². The van der Waals surface area contributed by atoms with Gasteiger partial charge in [0.1, 0.15) is 25.4 Å². The van der Waals surface area contributed by atoms with Gasteiger partial charge >= 0.3 is 33.6 Å². The largest absolute Gasteiger partial charge is 0.472 e. The van der Waals surface area contributed by atoms with Gasteiger partial charge in [-0.2, -0.15) is 0 Å². The lowest BCUT2D eigenvalue weighted by Gasteiger charge is -2.21. The van der Waals surface area contributed by atoms with Crippen LogP contribution in [-0.4, -0.2) is 95.9 Å². The summed E-state index contributed by atoms with van der Waals surface area (Å²) in [7, 11) is -9.78. The quantitative estimate of drug-likeness (QED) is 0.0146. The van der Waals surface area contributed by atoms with Crippen LogP contribution in [0.4, 0.5) is 0 Å². The van der Waals surface area contributed by atoms with E-state index in [1.54, 1.807) is 0 Å². The Bertz CT molecular complexity index is 2170. The third-order valence-corrected chi connectivity index (χ3v) is 17.4. The molecule has 0 amide bonds. The number of carbonyl (C=O) groups is 3. The molecule has 0 aliphatic carbocycles. The van der Waals surface area contributed by atoms with Gasteiger partial charge in [0.2, 0.25) is 0 Å². The van der Waals surface area contributed by atoms with Gasteiger partial charge in [0.25, 0.3) is 0 Å². The van der Waals surface area contributed by atoms with E-state index in [2.05, 4.69) is 130 Å². The molecule has 0 aromatic heterocycles. The molecule has 0 radical (unpaired) electrons. The van der Waals surface area contributed by atoms with E-state index in [4.69, 9.17) is 32.3 Å². The van der Waals surface area contributed by atoms with Crippen molar-refractivity contribution in [3.8, 4) is 0 Å². The zero-order valence-corrected chi connectivity index (χ0v) is 61.4. The first-order chi connectivity index (χ1) is 46.2. The Morgan fingerprint density at radius 1 is 0.305 bits per heavy atom. The maximum atomic E-state index is 12.9. The van der Waals surface area contributed by atoms with Gasteiger partial charge in [-0.15, -0.1) is 0 Å². The molecule has 0 saturated carbocycles. The third kappa shape index (κ3) is 71.3. The Morgan fingerprint density at radius 2 is 0.558 bits per heavy atom. The van der Waals surface area contributed by atoms with Crippen LogP contribution in [-0.2, 0) is 55.8 Å². The van der Waals surface area contributed by atoms with Gasteiger partial charge in [-0.1, -0.05) is 278 Å². The molecule has 0 bridgehead atoms. The second kappa shape index (κ2) is 70.1. The Balaban J connectivity index is 4.38. The Kier molecular flexibility index (Phi) is 67.3. The number of aliphatic hydroxyl groups excluding tert-OH is 2. The van der Waals surface area contributed by atoms with E-state index in [0.717, 1.165) is 154 Å². The molecule has 0 rings (SSSR count).